The summed E-state index contributed by atoms with van der Waals surface area (Å²) < 4.78 is 10.2. The number of hydrogen-bond donors (Lipinski definition) is 2. The van der Waals surface area contributed by atoms with Gasteiger partial charge in [0.05, 0.1) is 14.2 Å². The Hall–Kier alpha value is -1.89. The summed E-state index contributed by atoms with van der Waals surface area (Å²) in [5.74, 6) is 0.161. The van der Waals surface area contributed by atoms with E-state index in [1.54, 1.807) is 0 Å². The first-order valence-corrected chi connectivity index (χ1v) is 7.01. The number of hydrogen-bond acceptors (Lipinski definition) is 6. The van der Waals surface area contributed by atoms with Crippen LogP contribution in [0, 0.1) is 5.41 Å². The van der Waals surface area contributed by atoms with Crippen LogP contribution >= 0.6 is 0 Å². The molecule has 0 aromatic carbocycles. The average molecular weight is 294 g/mol. The van der Waals surface area contributed by atoms with Crippen LogP contribution in [0.15, 0.2) is 6.33 Å². The van der Waals surface area contributed by atoms with Crippen LogP contribution in [-0.2, 0) is 0 Å². The monoisotopic (exact) mass is 294 g/mol. The van der Waals surface area contributed by atoms with Crippen molar-refractivity contribution in [1.82, 2.24) is 20.6 Å². The number of nitrogens with one attached hydrogen (secondary N) is 2. The van der Waals surface area contributed by atoms with E-state index in [0.717, 1.165) is 25.9 Å². The summed E-state index contributed by atoms with van der Waals surface area (Å²) in [6.45, 7) is 4.75. The molecule has 0 saturated carbocycles. The van der Waals surface area contributed by atoms with E-state index < -0.39 is 0 Å². The van der Waals surface area contributed by atoms with Crippen molar-refractivity contribution in [3.63, 3.8) is 0 Å². The summed E-state index contributed by atoms with van der Waals surface area (Å²) in [7, 11) is 2.93. The molecule has 7 heteroatoms. The number of amides is 1. The topological polar surface area (TPSA) is 85.4 Å². The van der Waals surface area contributed by atoms with Crippen LogP contribution in [0.2, 0.25) is 0 Å². The summed E-state index contributed by atoms with van der Waals surface area (Å²) in [6.07, 6.45) is 3.38. The molecule has 2 rings (SSSR count). The van der Waals surface area contributed by atoms with Crippen molar-refractivity contribution in [2.45, 2.75) is 19.8 Å². The Kier molecular flexibility index (Phi) is 4.95. The molecule has 0 atom stereocenters. The van der Waals surface area contributed by atoms with Crippen LogP contribution in [0.5, 0.6) is 11.8 Å². The minimum atomic E-state index is -0.274. The summed E-state index contributed by atoms with van der Waals surface area (Å²) in [5.41, 5.74) is 0.344. The lowest BCUT2D eigenvalue weighted by atomic mass is 9.81. The quantitative estimate of drug-likeness (QED) is 0.828. The Morgan fingerprint density at radius 3 is 2.38 bits per heavy atom. The molecule has 0 bridgehead atoms. The van der Waals surface area contributed by atoms with Gasteiger partial charge in [-0.3, -0.25) is 4.79 Å². The van der Waals surface area contributed by atoms with Crippen LogP contribution < -0.4 is 20.1 Å². The zero-order valence-corrected chi connectivity index (χ0v) is 12.7. The fraction of sp³-hybridized carbons (Fsp3) is 0.643. The van der Waals surface area contributed by atoms with Crippen LogP contribution in [0.4, 0.5) is 0 Å². The fourth-order valence-corrected chi connectivity index (χ4v) is 2.45. The summed E-state index contributed by atoms with van der Waals surface area (Å²) >= 11 is 0. The smallest absolute Gasteiger partial charge is 0.262 e. The van der Waals surface area contributed by atoms with Gasteiger partial charge in [0.15, 0.2) is 5.56 Å². The molecule has 21 heavy (non-hydrogen) atoms. The number of carbonyl (C=O) groups is 1. The van der Waals surface area contributed by atoms with Crippen molar-refractivity contribution in [2.24, 2.45) is 5.41 Å². The molecule has 0 radical (unpaired) electrons. The third kappa shape index (κ3) is 3.60. The molecule has 1 aromatic rings. The number of nitrogens with zero attached hydrogens (tertiary/aromatic N) is 2. The predicted octanol–water partition coefficient (Wildman–Crippen LogP) is 0.613. The van der Waals surface area contributed by atoms with Gasteiger partial charge < -0.3 is 20.1 Å². The maximum absolute atomic E-state index is 12.4. The van der Waals surface area contributed by atoms with E-state index in [4.69, 9.17) is 9.47 Å². The Morgan fingerprint density at radius 1 is 1.29 bits per heavy atom. The van der Waals surface area contributed by atoms with Gasteiger partial charge in [-0.05, 0) is 31.3 Å². The van der Waals surface area contributed by atoms with E-state index in [1.807, 2.05) is 0 Å². The van der Waals surface area contributed by atoms with Gasteiger partial charge in [0.25, 0.3) is 5.91 Å². The standard InChI is InChI=1S/C14H22N4O3/c1-14(4-6-15-7-5-14)8-16-11(19)10-12(20-2)17-9-18-13(10)21-3/h9,15H,4-8H2,1-3H3,(H,16,19). The maximum Gasteiger partial charge on any atom is 0.262 e. The second-order valence-corrected chi connectivity index (χ2v) is 5.51. The lowest BCUT2D eigenvalue weighted by molar-refractivity contribution is 0.0914. The van der Waals surface area contributed by atoms with Crippen LogP contribution in [0.3, 0.4) is 0 Å². The molecule has 1 fully saturated rings. The molecule has 1 aliphatic heterocycles. The number of methoxy groups -OCH3 is 2. The molecule has 0 spiro atoms. The van der Waals surface area contributed by atoms with Gasteiger partial charge >= 0.3 is 0 Å². The van der Waals surface area contributed by atoms with Gasteiger partial charge in [-0.2, -0.15) is 0 Å². The first kappa shape index (κ1) is 15.5. The number of piperidine rings is 1. The van der Waals surface area contributed by atoms with E-state index in [9.17, 15) is 4.79 Å². The van der Waals surface area contributed by atoms with Crippen molar-refractivity contribution in [3.05, 3.63) is 11.9 Å². The molecule has 1 aliphatic rings. The van der Waals surface area contributed by atoms with Gasteiger partial charge in [0.1, 0.15) is 6.33 Å². The number of rotatable bonds is 5. The van der Waals surface area contributed by atoms with Crippen molar-refractivity contribution in [3.8, 4) is 11.8 Å². The fourth-order valence-electron chi connectivity index (χ4n) is 2.45. The molecule has 7 nitrogen and oxygen atoms in total. The van der Waals surface area contributed by atoms with Gasteiger partial charge in [-0.15, -0.1) is 0 Å². The largest absolute Gasteiger partial charge is 0.480 e. The van der Waals surface area contributed by atoms with Gasteiger partial charge in [-0.1, -0.05) is 6.92 Å². The van der Waals surface area contributed by atoms with Gasteiger partial charge in [0.2, 0.25) is 11.8 Å². The Bertz CT molecular complexity index is 479. The minimum Gasteiger partial charge on any atom is -0.480 e. The van der Waals surface area contributed by atoms with Gasteiger partial charge in [-0.25, -0.2) is 9.97 Å². The van der Waals surface area contributed by atoms with E-state index in [-0.39, 0.29) is 28.6 Å². The number of carbonyl (C=O) groups excluding carboxylic acids is 1. The molecular weight excluding hydrogens is 272 g/mol. The highest BCUT2D eigenvalue weighted by atomic mass is 16.5. The Morgan fingerprint density at radius 2 is 1.86 bits per heavy atom. The molecule has 2 heterocycles. The zero-order valence-electron chi connectivity index (χ0n) is 12.7. The minimum absolute atomic E-state index is 0.108. The van der Waals surface area contributed by atoms with Crippen LogP contribution in [-0.4, -0.2) is 49.7 Å². The second-order valence-electron chi connectivity index (χ2n) is 5.51. The average Bonchev–Trinajstić information content (AvgIpc) is 2.52. The van der Waals surface area contributed by atoms with Crippen LogP contribution in [0.25, 0.3) is 0 Å². The third-order valence-electron chi connectivity index (χ3n) is 3.88. The van der Waals surface area contributed by atoms with Crippen molar-refractivity contribution in [2.75, 3.05) is 33.9 Å². The lowest BCUT2D eigenvalue weighted by Gasteiger charge is -2.34. The highest BCUT2D eigenvalue weighted by Gasteiger charge is 2.29. The van der Waals surface area contributed by atoms with E-state index in [2.05, 4.69) is 27.5 Å². The molecule has 2 N–H and O–H groups in total. The molecule has 116 valence electrons. The van der Waals surface area contributed by atoms with E-state index >= 15 is 0 Å². The molecule has 1 saturated heterocycles. The summed E-state index contributed by atoms with van der Waals surface area (Å²) in [6, 6.07) is 0. The second kappa shape index (κ2) is 6.71. The van der Waals surface area contributed by atoms with Crippen molar-refractivity contribution >= 4 is 5.91 Å². The molecule has 0 aliphatic carbocycles. The first-order chi connectivity index (χ1) is 10.1. The highest BCUT2D eigenvalue weighted by Crippen LogP contribution is 2.28. The Labute approximate surface area is 124 Å². The molecule has 0 unspecified atom stereocenters. The first-order valence-electron chi connectivity index (χ1n) is 7.01. The highest BCUT2D eigenvalue weighted by molar-refractivity contribution is 5.98. The lowest BCUT2D eigenvalue weighted by Crippen LogP contribution is -2.43. The normalized spacial score (nSPS) is 17.1. The number of aromatic nitrogens is 2. The molecular formula is C14H22N4O3. The SMILES string of the molecule is COc1ncnc(OC)c1C(=O)NCC1(C)CCNCC1. The maximum atomic E-state index is 12.4. The predicted molar refractivity (Wildman–Crippen MR) is 77.7 cm³/mol. The number of ether oxygens (including phenoxy) is 2. The van der Waals surface area contributed by atoms with Crippen LogP contribution in [0.1, 0.15) is 30.1 Å². The molecule has 1 amide bonds. The van der Waals surface area contributed by atoms with E-state index in [1.165, 1.54) is 20.5 Å². The van der Waals surface area contributed by atoms with Gasteiger partial charge in [0, 0.05) is 6.54 Å². The zero-order chi connectivity index (χ0) is 15.3. The summed E-state index contributed by atoms with van der Waals surface area (Å²) in [5, 5.41) is 6.27. The summed E-state index contributed by atoms with van der Waals surface area (Å²) in [4.78, 5) is 20.3. The van der Waals surface area contributed by atoms with Crippen molar-refractivity contribution in [1.29, 1.82) is 0 Å². The van der Waals surface area contributed by atoms with Crippen molar-refractivity contribution < 1.29 is 14.3 Å². The Balaban J connectivity index is 2.09. The molecule has 1 aromatic heterocycles. The van der Waals surface area contributed by atoms with E-state index in [0.29, 0.717) is 6.54 Å². The third-order valence-corrected chi connectivity index (χ3v) is 3.88.